The van der Waals surface area contributed by atoms with Gasteiger partial charge < -0.3 is 5.32 Å². The standard InChI is InChI=1S/C17H16N4O2S/c22-24(23)11-3-10-21(24)14-8-6-13(7-9-14)20-17-15-4-1-2-5-16(15)18-12-19-17/h1-2,4-9,12H,3,10-11H2,(H,18,19,20). The highest BCUT2D eigenvalue weighted by Gasteiger charge is 2.28. The minimum Gasteiger partial charge on any atom is -0.340 e. The highest BCUT2D eigenvalue weighted by Crippen LogP contribution is 2.27. The molecule has 0 unspecified atom stereocenters. The molecule has 4 rings (SSSR count). The van der Waals surface area contributed by atoms with Gasteiger partial charge in [-0.1, -0.05) is 12.1 Å². The zero-order valence-corrected chi connectivity index (χ0v) is 13.7. The zero-order valence-electron chi connectivity index (χ0n) is 12.9. The minimum absolute atomic E-state index is 0.222. The molecule has 0 atom stereocenters. The van der Waals surface area contributed by atoms with Gasteiger partial charge in [0.2, 0.25) is 10.0 Å². The third-order valence-corrected chi connectivity index (χ3v) is 5.93. The first-order valence-electron chi connectivity index (χ1n) is 7.71. The Hall–Kier alpha value is -2.67. The van der Waals surface area contributed by atoms with Crippen LogP contribution in [0.5, 0.6) is 0 Å². The molecule has 1 saturated heterocycles. The molecule has 3 aromatic rings. The summed E-state index contributed by atoms with van der Waals surface area (Å²) < 4.78 is 25.4. The number of nitrogens with one attached hydrogen (secondary N) is 1. The van der Waals surface area contributed by atoms with Crippen molar-refractivity contribution < 1.29 is 8.42 Å². The second-order valence-corrected chi connectivity index (χ2v) is 7.67. The molecule has 0 aliphatic carbocycles. The van der Waals surface area contributed by atoms with Gasteiger partial charge in [0, 0.05) is 17.6 Å². The summed E-state index contributed by atoms with van der Waals surface area (Å²) in [6.45, 7) is 0.547. The molecule has 2 aromatic carbocycles. The van der Waals surface area contributed by atoms with E-state index in [1.54, 1.807) is 0 Å². The summed E-state index contributed by atoms with van der Waals surface area (Å²) in [5.74, 6) is 0.946. The first-order valence-corrected chi connectivity index (χ1v) is 9.32. The van der Waals surface area contributed by atoms with E-state index in [-0.39, 0.29) is 5.75 Å². The summed E-state index contributed by atoms with van der Waals surface area (Å²) in [5.41, 5.74) is 2.42. The maximum Gasteiger partial charge on any atom is 0.235 e. The molecule has 1 fully saturated rings. The Kier molecular flexibility index (Phi) is 3.57. The molecule has 0 saturated carbocycles. The highest BCUT2D eigenvalue weighted by atomic mass is 32.2. The number of hydrogen-bond donors (Lipinski definition) is 1. The van der Waals surface area contributed by atoms with Crippen molar-refractivity contribution in [3.05, 3.63) is 54.9 Å². The van der Waals surface area contributed by atoms with Crippen LogP contribution in [0.1, 0.15) is 6.42 Å². The summed E-state index contributed by atoms with van der Waals surface area (Å²) >= 11 is 0. The van der Waals surface area contributed by atoms with E-state index in [9.17, 15) is 8.42 Å². The number of sulfonamides is 1. The predicted octanol–water partition coefficient (Wildman–Crippen LogP) is 2.91. The van der Waals surface area contributed by atoms with Crippen molar-refractivity contribution in [3.8, 4) is 0 Å². The van der Waals surface area contributed by atoms with E-state index in [4.69, 9.17) is 0 Å². The van der Waals surface area contributed by atoms with Crippen molar-refractivity contribution in [2.24, 2.45) is 0 Å². The van der Waals surface area contributed by atoms with E-state index in [0.717, 1.165) is 22.4 Å². The van der Waals surface area contributed by atoms with Crippen molar-refractivity contribution >= 4 is 38.1 Å². The maximum absolute atomic E-state index is 12.0. The quantitative estimate of drug-likeness (QED) is 0.793. The molecule has 24 heavy (non-hydrogen) atoms. The van der Waals surface area contributed by atoms with Crippen LogP contribution in [0.25, 0.3) is 10.9 Å². The first kappa shape index (κ1) is 14.9. The van der Waals surface area contributed by atoms with Crippen LogP contribution >= 0.6 is 0 Å². The van der Waals surface area contributed by atoms with Gasteiger partial charge in [0.1, 0.15) is 12.1 Å². The maximum atomic E-state index is 12.0. The smallest absolute Gasteiger partial charge is 0.235 e. The van der Waals surface area contributed by atoms with E-state index >= 15 is 0 Å². The Bertz CT molecular complexity index is 982. The van der Waals surface area contributed by atoms with Gasteiger partial charge in [-0.3, -0.25) is 4.31 Å². The molecule has 1 aromatic heterocycles. The highest BCUT2D eigenvalue weighted by molar-refractivity contribution is 7.93. The Morgan fingerprint density at radius 2 is 1.79 bits per heavy atom. The van der Waals surface area contributed by atoms with E-state index in [1.165, 1.54) is 10.6 Å². The molecule has 6 nitrogen and oxygen atoms in total. The van der Waals surface area contributed by atoms with Crippen molar-refractivity contribution in [2.45, 2.75) is 6.42 Å². The van der Waals surface area contributed by atoms with Gasteiger partial charge >= 0.3 is 0 Å². The molecule has 7 heteroatoms. The number of fused-ring (bicyclic) bond motifs is 1. The average Bonchev–Trinajstić information content (AvgIpc) is 2.95. The second-order valence-electron chi connectivity index (χ2n) is 5.65. The van der Waals surface area contributed by atoms with Gasteiger partial charge in [0.25, 0.3) is 0 Å². The van der Waals surface area contributed by atoms with E-state index in [2.05, 4.69) is 15.3 Å². The fourth-order valence-electron chi connectivity index (χ4n) is 2.88. The SMILES string of the molecule is O=S1(=O)CCCN1c1ccc(Nc2ncnc3ccccc23)cc1. The fourth-order valence-corrected chi connectivity index (χ4v) is 4.45. The number of nitrogens with zero attached hydrogens (tertiary/aromatic N) is 3. The third kappa shape index (κ3) is 2.67. The lowest BCUT2D eigenvalue weighted by Crippen LogP contribution is -2.24. The number of rotatable bonds is 3. The van der Waals surface area contributed by atoms with Gasteiger partial charge in [0.05, 0.1) is 17.0 Å². The fraction of sp³-hybridized carbons (Fsp3) is 0.176. The lowest BCUT2D eigenvalue weighted by Gasteiger charge is -2.17. The predicted molar refractivity (Wildman–Crippen MR) is 95.0 cm³/mol. The Balaban J connectivity index is 1.62. The molecule has 1 aliphatic rings. The van der Waals surface area contributed by atoms with Crippen molar-refractivity contribution in [1.82, 2.24) is 9.97 Å². The van der Waals surface area contributed by atoms with Crippen LogP contribution in [0, 0.1) is 0 Å². The van der Waals surface area contributed by atoms with Gasteiger partial charge in [-0.25, -0.2) is 18.4 Å². The Morgan fingerprint density at radius 3 is 2.54 bits per heavy atom. The summed E-state index contributed by atoms with van der Waals surface area (Å²) in [5, 5.41) is 4.20. The largest absolute Gasteiger partial charge is 0.340 e. The number of hydrogen-bond acceptors (Lipinski definition) is 5. The van der Waals surface area contributed by atoms with Crippen LogP contribution in [0.2, 0.25) is 0 Å². The van der Waals surface area contributed by atoms with Crippen molar-refractivity contribution in [1.29, 1.82) is 0 Å². The first-order chi connectivity index (χ1) is 11.6. The molecule has 122 valence electrons. The van der Waals surface area contributed by atoms with Crippen LogP contribution in [-0.2, 0) is 10.0 Å². The minimum atomic E-state index is -3.15. The van der Waals surface area contributed by atoms with Gasteiger partial charge in [0.15, 0.2) is 0 Å². The average molecular weight is 340 g/mol. The van der Waals surface area contributed by atoms with E-state index < -0.39 is 10.0 Å². The van der Waals surface area contributed by atoms with Gasteiger partial charge in [-0.2, -0.15) is 0 Å². The van der Waals surface area contributed by atoms with Crippen molar-refractivity contribution in [3.63, 3.8) is 0 Å². The molecule has 1 N–H and O–H groups in total. The molecule has 0 bridgehead atoms. The van der Waals surface area contributed by atoms with E-state index in [1.807, 2.05) is 48.5 Å². The van der Waals surface area contributed by atoms with E-state index in [0.29, 0.717) is 18.7 Å². The summed E-state index contributed by atoms with van der Waals surface area (Å²) in [7, 11) is -3.15. The normalized spacial score (nSPS) is 16.4. The van der Waals surface area contributed by atoms with Crippen LogP contribution in [0.15, 0.2) is 54.9 Å². The lowest BCUT2D eigenvalue weighted by atomic mass is 10.2. The number of aromatic nitrogens is 2. The van der Waals surface area contributed by atoms with Gasteiger partial charge in [-0.05, 0) is 42.8 Å². The molecule has 0 spiro atoms. The Morgan fingerprint density at radius 1 is 1.00 bits per heavy atom. The number of benzene rings is 2. The monoisotopic (exact) mass is 340 g/mol. The third-order valence-electron chi connectivity index (χ3n) is 4.06. The number of anilines is 3. The molecular formula is C17H16N4O2S. The van der Waals surface area contributed by atoms with Crippen LogP contribution in [-0.4, -0.2) is 30.7 Å². The number of para-hydroxylation sites is 1. The molecule has 0 radical (unpaired) electrons. The zero-order chi connectivity index (χ0) is 16.6. The molecule has 1 aliphatic heterocycles. The van der Waals surface area contributed by atoms with Crippen LogP contribution in [0.3, 0.4) is 0 Å². The van der Waals surface area contributed by atoms with Crippen molar-refractivity contribution in [2.75, 3.05) is 21.9 Å². The second kappa shape index (κ2) is 5.76. The molecular weight excluding hydrogens is 324 g/mol. The summed E-state index contributed by atoms with van der Waals surface area (Å²) in [6, 6.07) is 15.1. The molecule has 0 amide bonds. The van der Waals surface area contributed by atoms with Gasteiger partial charge in [-0.15, -0.1) is 0 Å². The summed E-state index contributed by atoms with van der Waals surface area (Å²) in [4.78, 5) is 8.54. The lowest BCUT2D eigenvalue weighted by molar-refractivity contribution is 0.599. The molecule has 2 heterocycles. The van der Waals surface area contributed by atoms with Crippen LogP contribution < -0.4 is 9.62 Å². The Labute approximate surface area is 140 Å². The van der Waals surface area contributed by atoms with Crippen LogP contribution in [0.4, 0.5) is 17.2 Å². The summed E-state index contributed by atoms with van der Waals surface area (Å²) in [6.07, 6.45) is 2.20. The topological polar surface area (TPSA) is 75.2 Å².